The van der Waals surface area contributed by atoms with Gasteiger partial charge in [-0.15, -0.1) is 0 Å². The van der Waals surface area contributed by atoms with E-state index in [2.05, 4.69) is 36.4 Å². The van der Waals surface area contributed by atoms with E-state index < -0.39 is 6.16 Å². The molecule has 0 spiro atoms. The molecule has 1 saturated heterocycles. The number of unbranched alkanes of at least 4 members (excludes halogenated alkanes) is 5. The zero-order valence-electron chi connectivity index (χ0n) is 11.3. The summed E-state index contributed by atoms with van der Waals surface area (Å²) in [6, 6.07) is 0. The Morgan fingerprint density at radius 1 is 1.22 bits per heavy atom. The first-order valence-corrected chi connectivity index (χ1v) is 8.12. The number of carbonyl (C=O) groups excluding carboxylic acids is 1. The van der Waals surface area contributed by atoms with Gasteiger partial charge >= 0.3 is 6.16 Å². The Bertz CT molecular complexity index is 289. The molecule has 0 amide bonds. The predicted molar refractivity (Wildman–Crippen MR) is 80.6 cm³/mol. The number of cyclic esters (lactones) is 2. The molecular formula is C14H23IO3. The highest BCUT2D eigenvalue weighted by Crippen LogP contribution is 2.29. The Labute approximate surface area is 123 Å². The lowest BCUT2D eigenvalue weighted by molar-refractivity contribution is -0.0248. The number of carbonyl (C=O) groups is 1. The fourth-order valence-corrected chi connectivity index (χ4v) is 2.87. The Hall–Kier alpha value is -0.260. The molecule has 0 radical (unpaired) electrons. The molecule has 0 aromatic carbocycles. The Morgan fingerprint density at radius 2 is 1.89 bits per heavy atom. The van der Waals surface area contributed by atoms with Gasteiger partial charge in [-0.1, -0.05) is 46.0 Å². The van der Waals surface area contributed by atoms with Gasteiger partial charge in [-0.3, -0.25) is 0 Å². The molecular weight excluding hydrogens is 343 g/mol. The highest BCUT2D eigenvalue weighted by molar-refractivity contribution is 14.1. The van der Waals surface area contributed by atoms with E-state index in [1.807, 2.05) is 4.08 Å². The summed E-state index contributed by atoms with van der Waals surface area (Å²) in [5, 5.41) is 0. The van der Waals surface area contributed by atoms with E-state index in [0.717, 1.165) is 18.6 Å². The molecule has 1 rings (SSSR count). The Morgan fingerprint density at radius 3 is 2.56 bits per heavy atom. The lowest BCUT2D eigenvalue weighted by Crippen LogP contribution is -2.33. The lowest BCUT2D eigenvalue weighted by Gasteiger charge is -2.29. The fraction of sp³-hybridized carbons (Fsp3) is 0.786. The maximum absolute atomic E-state index is 11.3. The minimum absolute atomic E-state index is 0.0153. The molecule has 3 nitrogen and oxygen atoms in total. The van der Waals surface area contributed by atoms with E-state index in [0.29, 0.717) is 0 Å². The van der Waals surface area contributed by atoms with Crippen LogP contribution < -0.4 is 0 Å². The molecule has 1 aliphatic rings. The molecule has 1 aliphatic heterocycles. The number of hydrogen-bond donors (Lipinski definition) is 0. The molecule has 0 N–H and O–H groups in total. The third-order valence-electron chi connectivity index (χ3n) is 3.40. The summed E-state index contributed by atoms with van der Waals surface area (Å²) >= 11 is 2.11. The van der Waals surface area contributed by atoms with Crippen LogP contribution in [0.15, 0.2) is 9.84 Å². The largest absolute Gasteiger partial charge is 0.513 e. The van der Waals surface area contributed by atoms with Gasteiger partial charge in [0.15, 0.2) is 0 Å². The van der Waals surface area contributed by atoms with Crippen LogP contribution in [0.4, 0.5) is 4.79 Å². The second-order valence-electron chi connectivity index (χ2n) is 4.86. The summed E-state index contributed by atoms with van der Waals surface area (Å²) in [4.78, 5) is 11.3. The van der Waals surface area contributed by atoms with Crippen molar-refractivity contribution in [2.75, 3.05) is 0 Å². The third kappa shape index (κ3) is 5.16. The van der Waals surface area contributed by atoms with Crippen LogP contribution in [-0.2, 0) is 9.47 Å². The van der Waals surface area contributed by atoms with Crippen molar-refractivity contribution in [1.82, 2.24) is 0 Å². The lowest BCUT2D eigenvalue weighted by atomic mass is 9.96. The standard InChI is InChI=1S/C14H23IO3/c1-3-4-5-6-7-8-9-12-11(2)13(10-15)18-14(16)17-12/h10-12H,3-9H2,1-2H3/b13-10+/t11-,12-/m0/s1. The normalized spacial score (nSPS) is 25.9. The minimum Gasteiger partial charge on any atom is -0.430 e. The molecule has 0 bridgehead atoms. The van der Waals surface area contributed by atoms with Gasteiger partial charge in [0.25, 0.3) is 0 Å². The van der Waals surface area contributed by atoms with Crippen LogP contribution in [0.5, 0.6) is 0 Å². The molecule has 1 fully saturated rings. The number of halogens is 1. The Kier molecular flexibility index (Phi) is 7.70. The topological polar surface area (TPSA) is 35.5 Å². The molecule has 18 heavy (non-hydrogen) atoms. The van der Waals surface area contributed by atoms with Crippen LogP contribution in [0, 0.1) is 5.92 Å². The van der Waals surface area contributed by atoms with Crippen molar-refractivity contribution in [1.29, 1.82) is 0 Å². The Balaban J connectivity index is 2.25. The summed E-state index contributed by atoms with van der Waals surface area (Å²) in [5.74, 6) is 0.915. The van der Waals surface area contributed by atoms with Crippen molar-refractivity contribution in [3.8, 4) is 0 Å². The SMILES string of the molecule is CCCCCCCC[C@@H]1OC(=O)O/C(=C/I)[C@H]1C. The van der Waals surface area contributed by atoms with Crippen LogP contribution in [-0.4, -0.2) is 12.3 Å². The summed E-state index contributed by atoms with van der Waals surface area (Å²) in [6.45, 7) is 4.28. The van der Waals surface area contributed by atoms with Gasteiger partial charge in [0.2, 0.25) is 0 Å². The van der Waals surface area contributed by atoms with Crippen LogP contribution in [0.2, 0.25) is 0 Å². The van der Waals surface area contributed by atoms with Gasteiger partial charge in [-0.2, -0.15) is 0 Å². The quantitative estimate of drug-likeness (QED) is 0.354. The van der Waals surface area contributed by atoms with Gasteiger partial charge in [0.1, 0.15) is 11.9 Å². The van der Waals surface area contributed by atoms with Gasteiger partial charge in [0, 0.05) is 4.08 Å². The van der Waals surface area contributed by atoms with Crippen LogP contribution >= 0.6 is 22.6 Å². The molecule has 0 aromatic heterocycles. The van der Waals surface area contributed by atoms with Crippen molar-refractivity contribution in [2.45, 2.75) is 64.9 Å². The molecule has 0 saturated carbocycles. The van der Waals surface area contributed by atoms with E-state index in [4.69, 9.17) is 9.47 Å². The van der Waals surface area contributed by atoms with Crippen molar-refractivity contribution < 1.29 is 14.3 Å². The molecule has 0 aliphatic carbocycles. The van der Waals surface area contributed by atoms with E-state index in [1.165, 1.54) is 32.1 Å². The van der Waals surface area contributed by atoms with Crippen molar-refractivity contribution >= 4 is 28.7 Å². The van der Waals surface area contributed by atoms with Crippen LogP contribution in [0.25, 0.3) is 0 Å². The first-order chi connectivity index (χ1) is 8.69. The summed E-state index contributed by atoms with van der Waals surface area (Å²) < 4.78 is 12.1. The van der Waals surface area contributed by atoms with E-state index in [1.54, 1.807) is 0 Å². The van der Waals surface area contributed by atoms with Crippen LogP contribution in [0.1, 0.15) is 58.8 Å². The average Bonchev–Trinajstić information content (AvgIpc) is 2.37. The smallest absolute Gasteiger partial charge is 0.430 e. The third-order valence-corrected chi connectivity index (χ3v) is 4.02. The molecule has 0 aromatic rings. The van der Waals surface area contributed by atoms with Gasteiger partial charge in [0.05, 0.1) is 5.92 Å². The maximum atomic E-state index is 11.3. The molecule has 0 unspecified atom stereocenters. The molecule has 4 heteroatoms. The van der Waals surface area contributed by atoms with E-state index in [-0.39, 0.29) is 12.0 Å². The summed E-state index contributed by atoms with van der Waals surface area (Å²) in [6.07, 6.45) is 7.93. The second kappa shape index (κ2) is 8.77. The monoisotopic (exact) mass is 366 g/mol. The van der Waals surface area contributed by atoms with Crippen LogP contribution in [0.3, 0.4) is 0 Å². The summed E-state index contributed by atoms with van der Waals surface area (Å²) in [5.41, 5.74) is 0. The molecule has 1 heterocycles. The predicted octanol–water partition coefficient (Wildman–Crippen LogP) is 5.18. The van der Waals surface area contributed by atoms with Crippen molar-refractivity contribution in [3.63, 3.8) is 0 Å². The zero-order chi connectivity index (χ0) is 13.4. The number of ether oxygens (including phenoxy) is 2. The van der Waals surface area contributed by atoms with Gasteiger partial charge in [-0.05, 0) is 35.4 Å². The maximum Gasteiger partial charge on any atom is 0.513 e. The van der Waals surface area contributed by atoms with E-state index in [9.17, 15) is 4.79 Å². The number of hydrogen-bond acceptors (Lipinski definition) is 3. The number of rotatable bonds is 7. The van der Waals surface area contributed by atoms with Crippen molar-refractivity contribution in [3.05, 3.63) is 9.84 Å². The zero-order valence-corrected chi connectivity index (χ0v) is 13.4. The highest BCUT2D eigenvalue weighted by Gasteiger charge is 2.32. The molecule has 104 valence electrons. The second-order valence-corrected chi connectivity index (χ2v) is 5.49. The fourth-order valence-electron chi connectivity index (χ4n) is 2.18. The van der Waals surface area contributed by atoms with Gasteiger partial charge in [-0.25, -0.2) is 4.79 Å². The average molecular weight is 366 g/mol. The summed E-state index contributed by atoms with van der Waals surface area (Å²) in [7, 11) is 0. The highest BCUT2D eigenvalue weighted by atomic mass is 127. The van der Waals surface area contributed by atoms with Crippen molar-refractivity contribution in [2.24, 2.45) is 5.92 Å². The first-order valence-electron chi connectivity index (χ1n) is 6.87. The van der Waals surface area contributed by atoms with E-state index >= 15 is 0 Å². The molecule has 2 atom stereocenters. The minimum atomic E-state index is -0.549. The van der Waals surface area contributed by atoms with Gasteiger partial charge < -0.3 is 9.47 Å². The first kappa shape index (κ1) is 15.8.